The lowest BCUT2D eigenvalue weighted by atomic mass is 10.1. The van der Waals surface area contributed by atoms with Gasteiger partial charge in [0.05, 0.1) is 0 Å². The number of halogens is 1. The summed E-state index contributed by atoms with van der Waals surface area (Å²) in [5, 5.41) is 3.92. The van der Waals surface area contributed by atoms with Crippen LogP contribution in [0.1, 0.15) is 23.2 Å². The number of nitrogens with zero attached hydrogens (tertiary/aromatic N) is 1. The minimum absolute atomic E-state index is 0.0428. The van der Waals surface area contributed by atoms with Crippen molar-refractivity contribution in [3.8, 4) is 0 Å². The SMILES string of the molecule is CN(C(=O)c1cccc(Cl)c1)C1CCCNC1. The van der Waals surface area contributed by atoms with Crippen molar-refractivity contribution in [3.63, 3.8) is 0 Å². The molecule has 2 rings (SSSR count). The lowest BCUT2D eigenvalue weighted by molar-refractivity contribution is 0.0708. The third kappa shape index (κ3) is 2.99. The van der Waals surface area contributed by atoms with Crippen LogP contribution in [0.5, 0.6) is 0 Å². The van der Waals surface area contributed by atoms with E-state index < -0.39 is 0 Å². The molecule has 1 atom stereocenters. The van der Waals surface area contributed by atoms with Gasteiger partial charge in [-0.25, -0.2) is 0 Å². The number of rotatable bonds is 2. The van der Waals surface area contributed by atoms with E-state index in [1.54, 1.807) is 18.2 Å². The molecule has 4 heteroatoms. The van der Waals surface area contributed by atoms with Crippen molar-refractivity contribution in [2.45, 2.75) is 18.9 Å². The second kappa shape index (κ2) is 5.52. The van der Waals surface area contributed by atoms with Gasteiger partial charge in [-0.15, -0.1) is 0 Å². The number of likely N-dealkylation sites (N-methyl/N-ethyl adjacent to an activating group) is 1. The standard InChI is InChI=1S/C13H17ClN2O/c1-16(12-6-3-7-15-9-12)13(17)10-4-2-5-11(14)8-10/h2,4-5,8,12,15H,3,6-7,9H2,1H3. The fraction of sp³-hybridized carbons (Fsp3) is 0.462. The smallest absolute Gasteiger partial charge is 0.253 e. The van der Waals surface area contributed by atoms with E-state index in [-0.39, 0.29) is 11.9 Å². The number of amides is 1. The first-order valence-electron chi connectivity index (χ1n) is 5.92. The van der Waals surface area contributed by atoms with Gasteiger partial charge in [-0.2, -0.15) is 0 Å². The van der Waals surface area contributed by atoms with E-state index in [1.165, 1.54) is 0 Å². The molecule has 1 aromatic rings. The Morgan fingerprint density at radius 2 is 2.35 bits per heavy atom. The average molecular weight is 253 g/mol. The molecule has 1 fully saturated rings. The van der Waals surface area contributed by atoms with E-state index in [0.717, 1.165) is 25.9 Å². The Labute approximate surface area is 107 Å². The maximum Gasteiger partial charge on any atom is 0.253 e. The normalized spacial score (nSPS) is 20.0. The summed E-state index contributed by atoms with van der Waals surface area (Å²) in [4.78, 5) is 14.1. The van der Waals surface area contributed by atoms with E-state index in [4.69, 9.17) is 11.6 Å². The van der Waals surface area contributed by atoms with Crippen molar-refractivity contribution in [3.05, 3.63) is 34.9 Å². The molecule has 17 heavy (non-hydrogen) atoms. The van der Waals surface area contributed by atoms with Crippen molar-refractivity contribution >= 4 is 17.5 Å². The zero-order valence-electron chi connectivity index (χ0n) is 9.95. The maximum absolute atomic E-state index is 12.2. The van der Waals surface area contributed by atoms with Crippen molar-refractivity contribution in [2.24, 2.45) is 0 Å². The fourth-order valence-corrected chi connectivity index (χ4v) is 2.35. The zero-order valence-corrected chi connectivity index (χ0v) is 10.7. The average Bonchev–Trinajstić information content (AvgIpc) is 2.38. The van der Waals surface area contributed by atoms with Gasteiger partial charge >= 0.3 is 0 Å². The van der Waals surface area contributed by atoms with Crippen LogP contribution in [0.25, 0.3) is 0 Å². The molecule has 0 saturated carbocycles. The van der Waals surface area contributed by atoms with Gasteiger partial charge in [0.15, 0.2) is 0 Å². The van der Waals surface area contributed by atoms with E-state index in [9.17, 15) is 4.79 Å². The van der Waals surface area contributed by atoms with E-state index >= 15 is 0 Å². The minimum Gasteiger partial charge on any atom is -0.337 e. The summed E-state index contributed by atoms with van der Waals surface area (Å²) in [6.45, 7) is 1.93. The largest absolute Gasteiger partial charge is 0.337 e. The third-order valence-corrected chi connectivity index (χ3v) is 3.45. The van der Waals surface area contributed by atoms with Crippen LogP contribution in [0.3, 0.4) is 0 Å². The van der Waals surface area contributed by atoms with Crippen molar-refractivity contribution in [1.82, 2.24) is 10.2 Å². The summed E-state index contributed by atoms with van der Waals surface area (Å²) in [7, 11) is 1.86. The molecule has 1 heterocycles. The maximum atomic E-state index is 12.2. The van der Waals surface area contributed by atoms with Crippen molar-refractivity contribution in [1.29, 1.82) is 0 Å². The van der Waals surface area contributed by atoms with Gasteiger partial charge in [-0.05, 0) is 37.6 Å². The first kappa shape index (κ1) is 12.4. The van der Waals surface area contributed by atoms with Crippen LogP contribution in [0, 0.1) is 0 Å². The Hall–Kier alpha value is -1.06. The van der Waals surface area contributed by atoms with Crippen molar-refractivity contribution < 1.29 is 4.79 Å². The van der Waals surface area contributed by atoms with E-state index in [1.807, 2.05) is 18.0 Å². The summed E-state index contributed by atoms with van der Waals surface area (Å²) in [6.07, 6.45) is 2.19. The summed E-state index contributed by atoms with van der Waals surface area (Å²) >= 11 is 5.90. The highest BCUT2D eigenvalue weighted by atomic mass is 35.5. The first-order chi connectivity index (χ1) is 8.18. The molecule has 0 bridgehead atoms. The second-order valence-electron chi connectivity index (χ2n) is 4.43. The Morgan fingerprint density at radius 1 is 1.53 bits per heavy atom. The number of benzene rings is 1. The number of hydrogen-bond acceptors (Lipinski definition) is 2. The van der Waals surface area contributed by atoms with E-state index in [0.29, 0.717) is 10.6 Å². The quantitative estimate of drug-likeness (QED) is 0.875. The molecule has 0 radical (unpaired) electrons. The summed E-state index contributed by atoms with van der Waals surface area (Å²) in [6, 6.07) is 7.40. The van der Waals surface area contributed by atoms with Gasteiger partial charge in [0.2, 0.25) is 0 Å². The minimum atomic E-state index is 0.0428. The van der Waals surface area contributed by atoms with Crippen LogP contribution < -0.4 is 5.32 Å². The predicted octanol–water partition coefficient (Wildman–Crippen LogP) is 2.16. The topological polar surface area (TPSA) is 32.3 Å². The highest BCUT2D eigenvalue weighted by molar-refractivity contribution is 6.30. The molecular formula is C13H17ClN2O. The second-order valence-corrected chi connectivity index (χ2v) is 4.86. The summed E-state index contributed by atoms with van der Waals surface area (Å²) in [5.41, 5.74) is 0.658. The van der Waals surface area contributed by atoms with Gasteiger partial charge in [-0.1, -0.05) is 17.7 Å². The molecule has 1 aromatic carbocycles. The molecule has 1 aliphatic rings. The van der Waals surface area contributed by atoms with Gasteiger partial charge in [0.1, 0.15) is 0 Å². The first-order valence-corrected chi connectivity index (χ1v) is 6.30. The third-order valence-electron chi connectivity index (χ3n) is 3.21. The Bertz CT molecular complexity index is 402. The molecule has 1 unspecified atom stereocenters. The van der Waals surface area contributed by atoms with Crippen LogP contribution in [0.2, 0.25) is 5.02 Å². The molecule has 1 amide bonds. The zero-order chi connectivity index (χ0) is 12.3. The van der Waals surface area contributed by atoms with Crippen LogP contribution in [-0.4, -0.2) is 37.0 Å². The molecule has 1 N–H and O–H groups in total. The molecule has 1 saturated heterocycles. The van der Waals surface area contributed by atoms with Crippen molar-refractivity contribution in [2.75, 3.05) is 20.1 Å². The molecular weight excluding hydrogens is 236 g/mol. The highest BCUT2D eigenvalue weighted by Gasteiger charge is 2.22. The lowest BCUT2D eigenvalue weighted by Gasteiger charge is -2.31. The monoisotopic (exact) mass is 252 g/mol. The van der Waals surface area contributed by atoms with Gasteiger partial charge in [-0.3, -0.25) is 4.79 Å². The Kier molecular flexibility index (Phi) is 4.02. The number of piperidine rings is 1. The van der Waals surface area contributed by atoms with Gasteiger partial charge in [0, 0.05) is 30.2 Å². The molecule has 0 aliphatic carbocycles. The van der Waals surface area contributed by atoms with Gasteiger partial charge < -0.3 is 10.2 Å². The van der Waals surface area contributed by atoms with E-state index in [2.05, 4.69) is 5.32 Å². The molecule has 1 aliphatic heterocycles. The van der Waals surface area contributed by atoms with Gasteiger partial charge in [0.25, 0.3) is 5.91 Å². The van der Waals surface area contributed by atoms with Crippen LogP contribution >= 0.6 is 11.6 Å². The number of carbonyl (C=O) groups excluding carboxylic acids is 1. The van der Waals surface area contributed by atoms with Crippen LogP contribution in [0.4, 0.5) is 0 Å². The molecule has 0 spiro atoms. The number of hydrogen-bond donors (Lipinski definition) is 1. The molecule has 92 valence electrons. The molecule has 0 aromatic heterocycles. The predicted molar refractivity (Wildman–Crippen MR) is 69.4 cm³/mol. The van der Waals surface area contributed by atoms with Crippen LogP contribution in [-0.2, 0) is 0 Å². The summed E-state index contributed by atoms with van der Waals surface area (Å²) in [5.74, 6) is 0.0428. The Balaban J connectivity index is 2.08. The number of nitrogens with one attached hydrogen (secondary N) is 1. The number of carbonyl (C=O) groups is 1. The molecule has 3 nitrogen and oxygen atoms in total. The highest BCUT2D eigenvalue weighted by Crippen LogP contribution is 2.15. The Morgan fingerprint density at radius 3 is 3.00 bits per heavy atom. The van der Waals surface area contributed by atoms with Crippen LogP contribution in [0.15, 0.2) is 24.3 Å². The fourth-order valence-electron chi connectivity index (χ4n) is 2.15. The lowest BCUT2D eigenvalue weighted by Crippen LogP contribution is -2.46. The summed E-state index contributed by atoms with van der Waals surface area (Å²) < 4.78 is 0.